The largest absolute Gasteiger partial charge is 0.505 e. The third-order valence-electron chi connectivity index (χ3n) is 4.29. The van der Waals surface area contributed by atoms with Crippen LogP contribution >= 0.6 is 0 Å². The number of ether oxygens (including phenoxy) is 1. The predicted octanol–water partition coefficient (Wildman–Crippen LogP) is 2.76. The van der Waals surface area contributed by atoms with Gasteiger partial charge in [0.1, 0.15) is 5.60 Å². The summed E-state index contributed by atoms with van der Waals surface area (Å²) in [6.07, 6.45) is 4.83. The molecule has 3 heteroatoms. The van der Waals surface area contributed by atoms with E-state index in [1.54, 1.807) is 6.08 Å². The molecule has 0 aromatic carbocycles. The molecule has 0 spiro atoms. The fourth-order valence-electron chi connectivity index (χ4n) is 3.15. The van der Waals surface area contributed by atoms with Crippen LogP contribution in [-0.4, -0.2) is 22.1 Å². The Morgan fingerprint density at radius 3 is 2.44 bits per heavy atom. The van der Waals surface area contributed by atoms with Gasteiger partial charge in [0.25, 0.3) is 0 Å². The van der Waals surface area contributed by atoms with Crippen LogP contribution in [0.5, 0.6) is 0 Å². The van der Waals surface area contributed by atoms with Gasteiger partial charge in [-0.3, -0.25) is 4.79 Å². The van der Waals surface area contributed by atoms with Crippen molar-refractivity contribution < 1.29 is 14.6 Å². The van der Waals surface area contributed by atoms with Gasteiger partial charge in [0.2, 0.25) is 0 Å². The highest BCUT2D eigenvalue weighted by Crippen LogP contribution is 2.66. The highest BCUT2D eigenvalue weighted by atomic mass is 16.6. The molecule has 1 aliphatic carbocycles. The molecule has 2 fully saturated rings. The third kappa shape index (κ3) is 1.34. The molecule has 1 N–H and O–H groups in total. The Morgan fingerprint density at radius 2 is 1.94 bits per heavy atom. The van der Waals surface area contributed by atoms with E-state index in [1.807, 2.05) is 0 Å². The Balaban J connectivity index is 2.38. The molecule has 2 unspecified atom stereocenters. The lowest BCUT2D eigenvalue weighted by Gasteiger charge is -2.36. The van der Waals surface area contributed by atoms with Crippen LogP contribution in [0.4, 0.5) is 0 Å². The van der Waals surface area contributed by atoms with E-state index in [-0.39, 0.29) is 22.6 Å². The van der Waals surface area contributed by atoms with Crippen LogP contribution in [0.1, 0.15) is 47.0 Å². The first-order chi connectivity index (χ1) is 7.24. The molecule has 0 aromatic rings. The normalized spacial score (nSPS) is 41.4. The van der Waals surface area contributed by atoms with Gasteiger partial charge >= 0.3 is 0 Å². The van der Waals surface area contributed by atoms with Gasteiger partial charge in [0, 0.05) is 12.3 Å². The highest BCUT2D eigenvalue weighted by molar-refractivity contribution is 5.91. The van der Waals surface area contributed by atoms with E-state index in [0.717, 1.165) is 19.3 Å². The number of aliphatic hydroxyl groups is 1. The van der Waals surface area contributed by atoms with Crippen LogP contribution in [-0.2, 0) is 9.53 Å². The van der Waals surface area contributed by atoms with Gasteiger partial charge in [-0.2, -0.15) is 0 Å². The molecule has 0 amide bonds. The van der Waals surface area contributed by atoms with Crippen LogP contribution in [0, 0.1) is 5.41 Å². The average molecular weight is 224 g/mol. The fourth-order valence-corrected chi connectivity index (χ4v) is 3.15. The Labute approximate surface area is 96.5 Å². The Bertz CT molecular complexity index is 369. The molecule has 1 aliphatic heterocycles. The number of epoxide rings is 1. The summed E-state index contributed by atoms with van der Waals surface area (Å²) in [4.78, 5) is 11.1. The molecule has 1 saturated heterocycles. The summed E-state index contributed by atoms with van der Waals surface area (Å²) in [5, 5.41) is 9.65. The van der Waals surface area contributed by atoms with Crippen molar-refractivity contribution in [2.45, 2.75) is 58.2 Å². The van der Waals surface area contributed by atoms with Gasteiger partial charge in [-0.1, -0.05) is 13.8 Å². The van der Waals surface area contributed by atoms with Gasteiger partial charge < -0.3 is 9.84 Å². The molecule has 2 rings (SSSR count). The van der Waals surface area contributed by atoms with Gasteiger partial charge in [-0.15, -0.1) is 0 Å². The monoisotopic (exact) mass is 224 g/mol. The smallest absolute Gasteiger partial charge is 0.193 e. The van der Waals surface area contributed by atoms with Crippen molar-refractivity contribution in [3.8, 4) is 0 Å². The Morgan fingerprint density at radius 1 is 1.31 bits per heavy atom. The minimum atomic E-state index is -0.450. The van der Waals surface area contributed by atoms with Crippen LogP contribution in [0.2, 0.25) is 0 Å². The third-order valence-corrected chi connectivity index (χ3v) is 4.29. The Kier molecular flexibility index (Phi) is 2.26. The summed E-state index contributed by atoms with van der Waals surface area (Å²) in [5.41, 5.74) is -0.671. The molecule has 0 aromatic heterocycles. The van der Waals surface area contributed by atoms with E-state index in [1.165, 1.54) is 6.92 Å². The standard InChI is InChI=1S/C13H20O3/c1-9(14)10(15)8-13-11(2,3)6-5-7-12(13,4)16-13/h8,15H,5-7H2,1-4H3/b10-8-. The number of aliphatic hydroxyl groups excluding tert-OH is 1. The zero-order chi connectivity index (χ0) is 12.2. The molecule has 0 bridgehead atoms. The maximum absolute atomic E-state index is 11.1. The number of rotatable bonds is 2. The van der Waals surface area contributed by atoms with Gasteiger partial charge in [-0.25, -0.2) is 0 Å². The van der Waals surface area contributed by atoms with E-state index < -0.39 is 5.60 Å². The van der Waals surface area contributed by atoms with Crippen molar-refractivity contribution in [1.82, 2.24) is 0 Å². The van der Waals surface area contributed by atoms with E-state index in [4.69, 9.17) is 4.74 Å². The van der Waals surface area contributed by atoms with Gasteiger partial charge in [0.15, 0.2) is 11.5 Å². The molecule has 3 nitrogen and oxygen atoms in total. The highest BCUT2D eigenvalue weighted by Gasteiger charge is 2.73. The van der Waals surface area contributed by atoms with Crippen molar-refractivity contribution in [2.24, 2.45) is 5.41 Å². The maximum Gasteiger partial charge on any atom is 0.193 e. The van der Waals surface area contributed by atoms with Gasteiger partial charge in [0.05, 0.1) is 5.60 Å². The second-order valence-corrected chi connectivity index (χ2v) is 5.89. The second kappa shape index (κ2) is 3.10. The topological polar surface area (TPSA) is 49.8 Å². The number of carbonyl (C=O) groups excluding carboxylic acids is 1. The molecule has 1 heterocycles. The van der Waals surface area contributed by atoms with Crippen molar-refractivity contribution in [3.63, 3.8) is 0 Å². The molecular formula is C13H20O3. The van der Waals surface area contributed by atoms with Crippen LogP contribution < -0.4 is 0 Å². The van der Waals surface area contributed by atoms with E-state index in [9.17, 15) is 9.90 Å². The number of Topliss-reactive ketones (excluding diaryl/α,β-unsaturated/α-hetero) is 1. The average Bonchev–Trinajstić information content (AvgIpc) is 2.73. The summed E-state index contributed by atoms with van der Waals surface area (Å²) in [6.45, 7) is 7.72. The van der Waals surface area contributed by atoms with E-state index in [2.05, 4.69) is 20.8 Å². The first-order valence-electron chi connectivity index (χ1n) is 5.87. The molecule has 90 valence electrons. The van der Waals surface area contributed by atoms with Crippen LogP contribution in [0.25, 0.3) is 0 Å². The lowest BCUT2D eigenvalue weighted by Crippen LogP contribution is -2.41. The van der Waals surface area contributed by atoms with Crippen molar-refractivity contribution in [1.29, 1.82) is 0 Å². The second-order valence-electron chi connectivity index (χ2n) is 5.89. The number of hydrogen-bond acceptors (Lipinski definition) is 3. The lowest BCUT2D eigenvalue weighted by atomic mass is 9.64. The van der Waals surface area contributed by atoms with Crippen LogP contribution in [0.3, 0.4) is 0 Å². The van der Waals surface area contributed by atoms with Crippen LogP contribution in [0.15, 0.2) is 11.8 Å². The summed E-state index contributed by atoms with van der Waals surface area (Å²) >= 11 is 0. The summed E-state index contributed by atoms with van der Waals surface area (Å²) < 4.78 is 5.90. The molecule has 16 heavy (non-hydrogen) atoms. The first-order valence-corrected chi connectivity index (χ1v) is 5.87. The molecule has 1 saturated carbocycles. The molecule has 0 radical (unpaired) electrons. The number of allylic oxidation sites excluding steroid dienone is 1. The summed E-state index contributed by atoms with van der Waals surface area (Å²) in [5.74, 6) is -0.465. The SMILES string of the molecule is CC(=O)/C(O)=C/C12OC1(C)CCCC2(C)C. The van der Waals surface area contributed by atoms with Gasteiger partial charge in [-0.05, 0) is 32.3 Å². The summed E-state index contributed by atoms with van der Waals surface area (Å²) in [7, 11) is 0. The zero-order valence-corrected chi connectivity index (χ0v) is 10.5. The van der Waals surface area contributed by atoms with E-state index in [0.29, 0.717) is 0 Å². The molecule has 2 atom stereocenters. The quantitative estimate of drug-likeness (QED) is 0.446. The minimum absolute atomic E-state index is 0.0244. The zero-order valence-electron chi connectivity index (χ0n) is 10.5. The minimum Gasteiger partial charge on any atom is -0.505 e. The fraction of sp³-hybridized carbons (Fsp3) is 0.769. The number of fused-ring (bicyclic) bond motifs is 1. The number of hydrogen-bond donors (Lipinski definition) is 1. The number of ketones is 1. The molecule has 2 aliphatic rings. The van der Waals surface area contributed by atoms with Crippen molar-refractivity contribution >= 4 is 5.78 Å². The Hall–Kier alpha value is -0.830. The molecular weight excluding hydrogens is 204 g/mol. The maximum atomic E-state index is 11.1. The lowest BCUT2D eigenvalue weighted by molar-refractivity contribution is -0.116. The van der Waals surface area contributed by atoms with Crippen molar-refractivity contribution in [3.05, 3.63) is 11.8 Å². The summed E-state index contributed by atoms with van der Waals surface area (Å²) in [6, 6.07) is 0. The number of carbonyl (C=O) groups is 1. The predicted molar refractivity (Wildman–Crippen MR) is 61.2 cm³/mol. The first kappa shape index (κ1) is 11.6. The van der Waals surface area contributed by atoms with Crippen molar-refractivity contribution in [2.75, 3.05) is 0 Å². The van der Waals surface area contributed by atoms with E-state index >= 15 is 0 Å².